The van der Waals surface area contributed by atoms with E-state index in [0.717, 1.165) is 44.5 Å². The van der Waals surface area contributed by atoms with E-state index in [1.54, 1.807) is 6.07 Å². The van der Waals surface area contributed by atoms with Crippen LogP contribution >= 0.6 is 11.6 Å². The van der Waals surface area contributed by atoms with E-state index in [0.29, 0.717) is 35.7 Å². The van der Waals surface area contributed by atoms with E-state index in [1.807, 2.05) is 6.07 Å². The third-order valence-electron chi connectivity index (χ3n) is 4.11. The molecule has 0 bridgehead atoms. The van der Waals surface area contributed by atoms with Crippen molar-refractivity contribution in [1.82, 2.24) is 0 Å². The van der Waals surface area contributed by atoms with Crippen LogP contribution in [0.5, 0.6) is 11.5 Å². The minimum atomic E-state index is -0.525. The Hall–Kier alpha value is -0.970. The Morgan fingerprint density at radius 2 is 1.90 bits per heavy atom. The van der Waals surface area contributed by atoms with Gasteiger partial charge in [0.15, 0.2) is 11.5 Å². The molecule has 2 heterocycles. The summed E-state index contributed by atoms with van der Waals surface area (Å²) in [7, 11) is 0. The summed E-state index contributed by atoms with van der Waals surface area (Å²) in [6, 6.07) is 3.65. The van der Waals surface area contributed by atoms with Crippen molar-refractivity contribution >= 4 is 11.6 Å². The second-order valence-corrected chi connectivity index (χ2v) is 6.09. The molecule has 116 valence electrons. The van der Waals surface area contributed by atoms with Gasteiger partial charge in [-0.15, -0.1) is 0 Å². The lowest BCUT2D eigenvalue weighted by atomic mass is 9.91. The number of fused-ring (bicyclic) bond motifs is 1. The van der Waals surface area contributed by atoms with Crippen molar-refractivity contribution in [2.45, 2.75) is 31.8 Å². The molecule has 1 atom stereocenters. The van der Waals surface area contributed by atoms with Gasteiger partial charge in [0.25, 0.3) is 0 Å². The first-order valence-corrected chi connectivity index (χ1v) is 7.96. The van der Waals surface area contributed by atoms with Crippen LogP contribution in [0.1, 0.15) is 37.4 Å². The van der Waals surface area contributed by atoms with Crippen LogP contribution in [0, 0.1) is 5.92 Å². The standard InChI is InChI=1S/C16H21ClO4/c17-13-9-12(10-15-16(13)21-5-1-4-20-15)14(18)8-11-2-6-19-7-3-11/h9-11,14,18H,1-8H2. The minimum absolute atomic E-state index is 0.503. The highest BCUT2D eigenvalue weighted by Crippen LogP contribution is 2.40. The highest BCUT2D eigenvalue weighted by molar-refractivity contribution is 6.32. The average Bonchev–Trinajstić information content (AvgIpc) is 2.74. The van der Waals surface area contributed by atoms with Crippen molar-refractivity contribution in [3.8, 4) is 11.5 Å². The fraction of sp³-hybridized carbons (Fsp3) is 0.625. The maximum Gasteiger partial charge on any atom is 0.179 e. The molecular formula is C16H21ClO4. The Morgan fingerprint density at radius 3 is 2.71 bits per heavy atom. The maximum absolute atomic E-state index is 10.5. The Kier molecular flexibility index (Phi) is 4.88. The molecule has 0 amide bonds. The van der Waals surface area contributed by atoms with Gasteiger partial charge in [0.05, 0.1) is 24.3 Å². The maximum atomic E-state index is 10.5. The van der Waals surface area contributed by atoms with Crippen LogP contribution in [0.25, 0.3) is 0 Å². The van der Waals surface area contributed by atoms with E-state index >= 15 is 0 Å². The molecule has 2 aliphatic rings. The molecule has 4 nitrogen and oxygen atoms in total. The Bertz CT molecular complexity index is 485. The number of rotatable bonds is 3. The van der Waals surface area contributed by atoms with Crippen LogP contribution < -0.4 is 9.47 Å². The van der Waals surface area contributed by atoms with Crippen molar-refractivity contribution < 1.29 is 19.3 Å². The number of benzene rings is 1. The summed E-state index contributed by atoms with van der Waals surface area (Å²) in [6.45, 7) is 2.80. The first kappa shape index (κ1) is 14.9. The largest absolute Gasteiger partial charge is 0.489 e. The molecule has 1 N–H and O–H groups in total. The van der Waals surface area contributed by atoms with Crippen molar-refractivity contribution in [2.24, 2.45) is 5.92 Å². The van der Waals surface area contributed by atoms with Crippen molar-refractivity contribution in [1.29, 1.82) is 0 Å². The summed E-state index contributed by atoms with van der Waals surface area (Å²) in [6.07, 6.45) is 3.07. The van der Waals surface area contributed by atoms with E-state index in [-0.39, 0.29) is 0 Å². The van der Waals surface area contributed by atoms with Crippen LogP contribution in [-0.4, -0.2) is 31.5 Å². The summed E-state index contributed by atoms with van der Waals surface area (Å²) in [4.78, 5) is 0. The van der Waals surface area contributed by atoms with E-state index in [4.69, 9.17) is 25.8 Å². The molecule has 0 aliphatic carbocycles. The van der Waals surface area contributed by atoms with Crippen LogP contribution in [0.15, 0.2) is 12.1 Å². The fourth-order valence-corrected chi connectivity index (χ4v) is 3.15. The van der Waals surface area contributed by atoms with E-state index in [2.05, 4.69) is 0 Å². The molecule has 1 fully saturated rings. The van der Waals surface area contributed by atoms with Gasteiger partial charge in [-0.2, -0.15) is 0 Å². The molecule has 0 aromatic heterocycles. The number of hydrogen-bond donors (Lipinski definition) is 1. The second-order valence-electron chi connectivity index (χ2n) is 5.69. The lowest BCUT2D eigenvalue weighted by Crippen LogP contribution is -2.18. The summed E-state index contributed by atoms with van der Waals surface area (Å²) in [5, 5.41) is 11.0. The van der Waals surface area contributed by atoms with Crippen molar-refractivity contribution in [3.05, 3.63) is 22.7 Å². The van der Waals surface area contributed by atoms with Gasteiger partial charge in [-0.3, -0.25) is 0 Å². The number of ether oxygens (including phenoxy) is 3. The summed E-state index contributed by atoms with van der Waals surface area (Å²) < 4.78 is 16.6. The molecule has 0 radical (unpaired) electrons. The summed E-state index contributed by atoms with van der Waals surface area (Å²) >= 11 is 6.27. The lowest BCUT2D eigenvalue weighted by Gasteiger charge is -2.24. The van der Waals surface area contributed by atoms with Gasteiger partial charge in [0, 0.05) is 19.6 Å². The predicted molar refractivity (Wildman–Crippen MR) is 80.2 cm³/mol. The van der Waals surface area contributed by atoms with Gasteiger partial charge >= 0.3 is 0 Å². The molecule has 1 unspecified atom stereocenters. The molecule has 2 aliphatic heterocycles. The Labute approximate surface area is 130 Å². The molecule has 0 saturated carbocycles. The van der Waals surface area contributed by atoms with Gasteiger partial charge in [-0.05, 0) is 42.9 Å². The van der Waals surface area contributed by atoms with Crippen LogP contribution in [-0.2, 0) is 4.74 Å². The Morgan fingerprint density at radius 1 is 1.14 bits per heavy atom. The monoisotopic (exact) mass is 312 g/mol. The van der Waals surface area contributed by atoms with Gasteiger partial charge in [0.1, 0.15) is 0 Å². The van der Waals surface area contributed by atoms with Gasteiger partial charge < -0.3 is 19.3 Å². The number of halogens is 1. The highest BCUT2D eigenvalue weighted by atomic mass is 35.5. The zero-order valence-electron chi connectivity index (χ0n) is 12.0. The van der Waals surface area contributed by atoms with Crippen molar-refractivity contribution in [2.75, 3.05) is 26.4 Å². The third kappa shape index (κ3) is 3.62. The number of aliphatic hydroxyl groups is 1. The molecule has 21 heavy (non-hydrogen) atoms. The molecule has 1 saturated heterocycles. The van der Waals surface area contributed by atoms with Gasteiger partial charge in [0.2, 0.25) is 0 Å². The quantitative estimate of drug-likeness (QED) is 0.930. The SMILES string of the molecule is OC(CC1CCOCC1)c1cc(Cl)c2c(c1)OCCCO2. The summed E-state index contributed by atoms with van der Waals surface area (Å²) in [5.74, 6) is 1.74. The lowest BCUT2D eigenvalue weighted by molar-refractivity contribution is 0.0434. The second kappa shape index (κ2) is 6.86. The smallest absolute Gasteiger partial charge is 0.179 e. The van der Waals surface area contributed by atoms with Crippen LogP contribution in [0.3, 0.4) is 0 Å². The van der Waals surface area contributed by atoms with Crippen molar-refractivity contribution in [3.63, 3.8) is 0 Å². The molecule has 5 heteroatoms. The van der Waals surface area contributed by atoms with Crippen LogP contribution in [0.4, 0.5) is 0 Å². The van der Waals surface area contributed by atoms with Gasteiger partial charge in [-0.25, -0.2) is 0 Å². The molecular weight excluding hydrogens is 292 g/mol. The zero-order valence-corrected chi connectivity index (χ0v) is 12.8. The summed E-state index contributed by atoms with van der Waals surface area (Å²) in [5.41, 5.74) is 0.802. The normalized spacial score (nSPS) is 20.9. The van der Waals surface area contributed by atoms with E-state index in [9.17, 15) is 5.11 Å². The first-order valence-electron chi connectivity index (χ1n) is 7.59. The average molecular weight is 313 g/mol. The highest BCUT2D eigenvalue weighted by Gasteiger charge is 2.22. The van der Waals surface area contributed by atoms with Gasteiger partial charge in [-0.1, -0.05) is 11.6 Å². The molecule has 3 rings (SSSR count). The number of hydrogen-bond acceptors (Lipinski definition) is 4. The third-order valence-corrected chi connectivity index (χ3v) is 4.39. The first-order chi connectivity index (χ1) is 10.2. The fourth-order valence-electron chi connectivity index (χ4n) is 2.88. The Balaban J connectivity index is 1.75. The topological polar surface area (TPSA) is 47.9 Å². The minimum Gasteiger partial charge on any atom is -0.489 e. The zero-order chi connectivity index (χ0) is 14.7. The van der Waals surface area contributed by atoms with Crippen LogP contribution in [0.2, 0.25) is 5.02 Å². The molecule has 1 aromatic carbocycles. The van der Waals surface area contributed by atoms with E-state index < -0.39 is 6.10 Å². The van der Waals surface area contributed by atoms with E-state index in [1.165, 1.54) is 0 Å². The molecule has 0 spiro atoms. The molecule has 1 aromatic rings. The predicted octanol–water partition coefficient (Wildman–Crippen LogP) is 3.35. The number of aliphatic hydroxyl groups excluding tert-OH is 1.